The van der Waals surface area contributed by atoms with Crippen molar-refractivity contribution in [2.45, 2.75) is 52.0 Å². The Hall–Kier alpha value is -0.860. The van der Waals surface area contributed by atoms with E-state index in [1.54, 1.807) is 0 Å². The zero-order valence-corrected chi connectivity index (χ0v) is 13.9. The van der Waals surface area contributed by atoms with Crippen molar-refractivity contribution in [2.75, 3.05) is 26.2 Å². The molecule has 1 aliphatic rings. The van der Waals surface area contributed by atoms with Gasteiger partial charge < -0.3 is 10.2 Å². The monoisotopic (exact) mass is 288 g/mol. The number of benzene rings is 1. The molecule has 2 nitrogen and oxygen atoms in total. The van der Waals surface area contributed by atoms with Crippen LogP contribution < -0.4 is 5.32 Å². The summed E-state index contributed by atoms with van der Waals surface area (Å²) in [6.07, 6.45) is 6.66. The molecule has 1 atom stereocenters. The molecule has 1 aromatic rings. The molecule has 1 saturated heterocycles. The first-order chi connectivity index (χ1) is 10.2. The van der Waals surface area contributed by atoms with Crippen LogP contribution in [-0.2, 0) is 6.42 Å². The van der Waals surface area contributed by atoms with Crippen LogP contribution in [0.15, 0.2) is 30.3 Å². The minimum absolute atomic E-state index is 0.617. The molecule has 1 N–H and O–H groups in total. The maximum atomic E-state index is 3.60. The lowest BCUT2D eigenvalue weighted by Gasteiger charge is -2.33. The van der Waals surface area contributed by atoms with E-state index in [1.165, 1.54) is 63.8 Å². The molecule has 1 aliphatic heterocycles. The maximum Gasteiger partial charge on any atom is 0.00218 e. The zero-order chi connectivity index (χ0) is 14.9. The second-order valence-corrected chi connectivity index (χ2v) is 6.81. The van der Waals surface area contributed by atoms with Crippen molar-refractivity contribution < 1.29 is 0 Å². The Morgan fingerprint density at radius 1 is 1.19 bits per heavy atom. The SMILES string of the molecule is CC(C)NCC1CCCN(CCCCc2ccccc2)C1. The van der Waals surface area contributed by atoms with Gasteiger partial charge in [0.2, 0.25) is 0 Å². The predicted molar refractivity (Wildman–Crippen MR) is 91.7 cm³/mol. The Kier molecular flexibility index (Phi) is 7.25. The number of unbranched alkanes of at least 4 members (excludes halogenated alkanes) is 1. The second kappa shape index (κ2) is 9.22. The average Bonchev–Trinajstić information content (AvgIpc) is 2.51. The summed E-state index contributed by atoms with van der Waals surface area (Å²) in [5.41, 5.74) is 1.48. The highest BCUT2D eigenvalue weighted by atomic mass is 15.1. The lowest BCUT2D eigenvalue weighted by Crippen LogP contribution is -2.41. The topological polar surface area (TPSA) is 15.3 Å². The number of nitrogens with zero attached hydrogens (tertiary/aromatic N) is 1. The van der Waals surface area contributed by atoms with Gasteiger partial charge in [0.15, 0.2) is 0 Å². The van der Waals surface area contributed by atoms with Crippen LogP contribution in [0.25, 0.3) is 0 Å². The summed E-state index contributed by atoms with van der Waals surface area (Å²) in [7, 11) is 0. The summed E-state index contributed by atoms with van der Waals surface area (Å²) < 4.78 is 0. The third-order valence-corrected chi connectivity index (χ3v) is 4.45. The number of rotatable bonds is 8. The number of hydrogen-bond acceptors (Lipinski definition) is 2. The minimum atomic E-state index is 0.617. The fourth-order valence-corrected chi connectivity index (χ4v) is 3.23. The standard InChI is InChI=1S/C19H32N2/c1-17(2)20-15-19-12-8-14-21(16-19)13-7-6-11-18-9-4-3-5-10-18/h3-5,9-10,17,19-20H,6-8,11-16H2,1-2H3. The van der Waals surface area contributed by atoms with Crippen LogP contribution in [0.3, 0.4) is 0 Å². The predicted octanol–water partition coefficient (Wildman–Crippen LogP) is 3.72. The molecule has 1 unspecified atom stereocenters. The van der Waals surface area contributed by atoms with Crippen molar-refractivity contribution in [3.63, 3.8) is 0 Å². The quantitative estimate of drug-likeness (QED) is 0.733. The molecule has 0 bridgehead atoms. The Bertz CT molecular complexity index is 374. The summed E-state index contributed by atoms with van der Waals surface area (Å²) in [6.45, 7) is 9.56. The van der Waals surface area contributed by atoms with Gasteiger partial charge in [-0.25, -0.2) is 0 Å². The average molecular weight is 288 g/mol. The summed E-state index contributed by atoms with van der Waals surface area (Å²) in [4.78, 5) is 2.68. The molecular weight excluding hydrogens is 256 g/mol. The molecule has 2 rings (SSSR count). The van der Waals surface area contributed by atoms with E-state index < -0.39 is 0 Å². The van der Waals surface area contributed by atoms with Crippen LogP contribution in [0.1, 0.15) is 45.1 Å². The highest BCUT2D eigenvalue weighted by Gasteiger charge is 2.19. The molecule has 21 heavy (non-hydrogen) atoms. The van der Waals surface area contributed by atoms with Gasteiger partial charge in [-0.2, -0.15) is 0 Å². The van der Waals surface area contributed by atoms with Crippen LogP contribution in [0.5, 0.6) is 0 Å². The molecule has 0 aromatic heterocycles. The van der Waals surface area contributed by atoms with E-state index in [0.717, 1.165) is 5.92 Å². The van der Waals surface area contributed by atoms with Gasteiger partial charge in [0.1, 0.15) is 0 Å². The molecule has 1 heterocycles. The first kappa shape index (κ1) is 16.5. The largest absolute Gasteiger partial charge is 0.314 e. The summed E-state index contributed by atoms with van der Waals surface area (Å²) >= 11 is 0. The lowest BCUT2D eigenvalue weighted by molar-refractivity contribution is 0.168. The van der Waals surface area contributed by atoms with Gasteiger partial charge in [0.05, 0.1) is 0 Å². The number of hydrogen-bond donors (Lipinski definition) is 1. The van der Waals surface area contributed by atoms with E-state index in [4.69, 9.17) is 0 Å². The van der Waals surface area contributed by atoms with Gasteiger partial charge in [-0.05, 0) is 63.2 Å². The molecule has 0 spiro atoms. The van der Waals surface area contributed by atoms with Crippen molar-refractivity contribution in [3.05, 3.63) is 35.9 Å². The first-order valence-electron chi connectivity index (χ1n) is 8.73. The Labute approximate surface area is 130 Å². The number of aryl methyl sites for hydroxylation is 1. The van der Waals surface area contributed by atoms with Crippen molar-refractivity contribution >= 4 is 0 Å². The van der Waals surface area contributed by atoms with E-state index in [-0.39, 0.29) is 0 Å². The summed E-state index contributed by atoms with van der Waals surface area (Å²) in [6, 6.07) is 11.5. The highest BCUT2D eigenvalue weighted by molar-refractivity contribution is 5.14. The van der Waals surface area contributed by atoms with Crippen LogP contribution in [-0.4, -0.2) is 37.1 Å². The number of nitrogens with one attached hydrogen (secondary N) is 1. The van der Waals surface area contributed by atoms with E-state index in [1.807, 2.05) is 0 Å². The third kappa shape index (κ3) is 6.62. The van der Waals surface area contributed by atoms with Crippen LogP contribution >= 0.6 is 0 Å². The second-order valence-electron chi connectivity index (χ2n) is 6.81. The van der Waals surface area contributed by atoms with Gasteiger partial charge in [-0.15, -0.1) is 0 Å². The molecule has 0 amide bonds. The summed E-state index contributed by atoms with van der Waals surface area (Å²) in [5, 5.41) is 3.60. The molecule has 0 aliphatic carbocycles. The van der Waals surface area contributed by atoms with Crippen LogP contribution in [0, 0.1) is 5.92 Å². The molecule has 0 radical (unpaired) electrons. The third-order valence-electron chi connectivity index (χ3n) is 4.45. The Morgan fingerprint density at radius 3 is 2.76 bits per heavy atom. The molecule has 2 heteroatoms. The highest BCUT2D eigenvalue weighted by Crippen LogP contribution is 2.16. The van der Waals surface area contributed by atoms with Crippen LogP contribution in [0.4, 0.5) is 0 Å². The van der Waals surface area contributed by atoms with E-state index in [0.29, 0.717) is 6.04 Å². The first-order valence-corrected chi connectivity index (χ1v) is 8.73. The van der Waals surface area contributed by atoms with E-state index in [2.05, 4.69) is 54.4 Å². The summed E-state index contributed by atoms with van der Waals surface area (Å²) in [5.74, 6) is 0.857. The van der Waals surface area contributed by atoms with Gasteiger partial charge in [0.25, 0.3) is 0 Å². The van der Waals surface area contributed by atoms with Gasteiger partial charge in [-0.1, -0.05) is 44.2 Å². The van der Waals surface area contributed by atoms with Crippen molar-refractivity contribution in [1.82, 2.24) is 10.2 Å². The van der Waals surface area contributed by atoms with Gasteiger partial charge in [0, 0.05) is 12.6 Å². The minimum Gasteiger partial charge on any atom is -0.314 e. The van der Waals surface area contributed by atoms with E-state index in [9.17, 15) is 0 Å². The lowest BCUT2D eigenvalue weighted by atomic mass is 9.97. The van der Waals surface area contributed by atoms with Crippen molar-refractivity contribution in [2.24, 2.45) is 5.92 Å². The fraction of sp³-hybridized carbons (Fsp3) is 0.684. The van der Waals surface area contributed by atoms with Gasteiger partial charge in [-0.3, -0.25) is 0 Å². The fourth-order valence-electron chi connectivity index (χ4n) is 3.23. The Morgan fingerprint density at radius 2 is 2.00 bits per heavy atom. The number of piperidine rings is 1. The number of likely N-dealkylation sites (tertiary alicyclic amines) is 1. The normalized spacial score (nSPS) is 20.0. The molecular formula is C19H32N2. The van der Waals surface area contributed by atoms with Crippen LogP contribution in [0.2, 0.25) is 0 Å². The molecule has 1 fully saturated rings. The smallest absolute Gasteiger partial charge is 0.00218 e. The molecule has 1 aromatic carbocycles. The Balaban J connectivity index is 1.59. The maximum absolute atomic E-state index is 3.60. The van der Waals surface area contributed by atoms with Gasteiger partial charge >= 0.3 is 0 Å². The molecule has 0 saturated carbocycles. The molecule has 118 valence electrons. The van der Waals surface area contributed by atoms with E-state index >= 15 is 0 Å². The zero-order valence-electron chi connectivity index (χ0n) is 13.9. The van der Waals surface area contributed by atoms with Crippen molar-refractivity contribution in [3.8, 4) is 0 Å². The van der Waals surface area contributed by atoms with Crippen molar-refractivity contribution in [1.29, 1.82) is 0 Å².